The molecule has 2 aromatic carbocycles. The number of anilines is 1. The van der Waals surface area contributed by atoms with Crippen LogP contribution in [-0.2, 0) is 0 Å². The summed E-state index contributed by atoms with van der Waals surface area (Å²) in [5.74, 6) is 1.87. The molecule has 2 heterocycles. The van der Waals surface area contributed by atoms with E-state index in [9.17, 15) is 4.79 Å². The number of fused-ring (bicyclic) bond motifs is 2. The number of hydrogen-bond acceptors (Lipinski definition) is 7. The van der Waals surface area contributed by atoms with E-state index in [2.05, 4.69) is 10.3 Å². The van der Waals surface area contributed by atoms with Crippen LogP contribution >= 0.6 is 11.3 Å². The minimum Gasteiger partial charge on any atom is -0.496 e. The summed E-state index contributed by atoms with van der Waals surface area (Å²) in [7, 11) is 3.02. The fraction of sp³-hybridized carbons (Fsp3) is 0.222. The highest BCUT2D eigenvalue weighted by atomic mass is 32.1. The molecule has 134 valence electrons. The lowest BCUT2D eigenvalue weighted by atomic mass is 10.1. The Hall–Kier alpha value is -3.00. The Bertz CT molecular complexity index is 920. The van der Waals surface area contributed by atoms with Crippen molar-refractivity contribution in [1.29, 1.82) is 0 Å². The van der Waals surface area contributed by atoms with E-state index in [0.29, 0.717) is 46.9 Å². The van der Waals surface area contributed by atoms with Crippen LogP contribution in [-0.4, -0.2) is 38.3 Å². The van der Waals surface area contributed by atoms with E-state index in [1.807, 2.05) is 12.1 Å². The average Bonchev–Trinajstić information content (AvgIpc) is 3.05. The number of nitrogens with one attached hydrogen (secondary N) is 1. The van der Waals surface area contributed by atoms with Crippen molar-refractivity contribution in [2.45, 2.75) is 0 Å². The Morgan fingerprint density at radius 2 is 1.77 bits per heavy atom. The molecule has 1 aromatic heterocycles. The van der Waals surface area contributed by atoms with Crippen molar-refractivity contribution in [3.05, 3.63) is 35.9 Å². The van der Waals surface area contributed by atoms with Crippen molar-refractivity contribution in [1.82, 2.24) is 4.98 Å². The van der Waals surface area contributed by atoms with E-state index < -0.39 is 0 Å². The van der Waals surface area contributed by atoms with Crippen LogP contribution in [0.25, 0.3) is 10.2 Å². The molecule has 0 atom stereocenters. The van der Waals surface area contributed by atoms with Gasteiger partial charge < -0.3 is 18.9 Å². The fourth-order valence-corrected chi connectivity index (χ4v) is 3.62. The first-order valence-corrected chi connectivity index (χ1v) is 8.74. The summed E-state index contributed by atoms with van der Waals surface area (Å²) < 4.78 is 22.6. The number of ether oxygens (including phenoxy) is 4. The van der Waals surface area contributed by atoms with E-state index >= 15 is 0 Å². The molecule has 8 heteroatoms. The molecule has 0 fully saturated rings. The third-order valence-electron chi connectivity index (χ3n) is 3.93. The van der Waals surface area contributed by atoms with Crippen molar-refractivity contribution in [2.75, 3.05) is 32.8 Å². The number of carbonyl (C=O) groups excluding carboxylic acids is 1. The topological polar surface area (TPSA) is 78.9 Å². The quantitative estimate of drug-likeness (QED) is 0.757. The predicted molar refractivity (Wildman–Crippen MR) is 98.1 cm³/mol. The molecule has 0 radical (unpaired) electrons. The van der Waals surface area contributed by atoms with Crippen LogP contribution in [0.15, 0.2) is 30.3 Å². The zero-order valence-electron chi connectivity index (χ0n) is 14.2. The van der Waals surface area contributed by atoms with Gasteiger partial charge in [0.05, 0.1) is 24.4 Å². The smallest absolute Gasteiger partial charge is 0.265 e. The molecule has 1 aliphatic rings. The average molecular weight is 372 g/mol. The summed E-state index contributed by atoms with van der Waals surface area (Å²) in [6, 6.07) is 8.87. The lowest BCUT2D eigenvalue weighted by Gasteiger charge is -2.17. The molecular weight excluding hydrogens is 356 g/mol. The molecule has 0 aliphatic carbocycles. The van der Waals surface area contributed by atoms with Gasteiger partial charge in [0, 0.05) is 12.1 Å². The van der Waals surface area contributed by atoms with Crippen LogP contribution in [0.5, 0.6) is 23.0 Å². The summed E-state index contributed by atoms with van der Waals surface area (Å²) in [5, 5.41) is 3.29. The maximum Gasteiger partial charge on any atom is 0.265 e. The van der Waals surface area contributed by atoms with Crippen molar-refractivity contribution >= 4 is 32.6 Å². The first-order chi connectivity index (χ1) is 12.7. The highest BCUT2D eigenvalue weighted by Gasteiger charge is 2.20. The minimum absolute atomic E-state index is 0.322. The SMILES string of the molecule is COc1cccc(OC)c1C(=O)Nc1nc2cc3c(cc2s1)OCCO3. The molecule has 0 bridgehead atoms. The number of hydrogen-bond donors (Lipinski definition) is 1. The van der Waals surface area contributed by atoms with Crippen LogP contribution in [0.3, 0.4) is 0 Å². The fourth-order valence-electron chi connectivity index (χ4n) is 2.75. The maximum absolute atomic E-state index is 12.8. The second-order valence-corrected chi connectivity index (χ2v) is 6.50. The van der Waals surface area contributed by atoms with E-state index in [1.165, 1.54) is 25.6 Å². The number of carbonyl (C=O) groups is 1. The van der Waals surface area contributed by atoms with Crippen LogP contribution < -0.4 is 24.3 Å². The van der Waals surface area contributed by atoms with Gasteiger partial charge in [0.2, 0.25) is 0 Å². The van der Waals surface area contributed by atoms with Crippen molar-refractivity contribution in [2.24, 2.45) is 0 Å². The Balaban J connectivity index is 1.66. The monoisotopic (exact) mass is 372 g/mol. The molecule has 0 saturated carbocycles. The number of rotatable bonds is 4. The molecule has 4 rings (SSSR count). The Morgan fingerprint density at radius 3 is 2.42 bits per heavy atom. The first kappa shape index (κ1) is 16.5. The standard InChI is InChI=1S/C18H16N2O5S/c1-22-11-4-3-5-12(23-2)16(11)17(21)20-18-19-10-8-13-14(9-15(10)26-18)25-7-6-24-13/h3-5,8-9H,6-7H2,1-2H3,(H,19,20,21). The molecule has 0 spiro atoms. The molecule has 0 saturated heterocycles. The Morgan fingerprint density at radius 1 is 1.12 bits per heavy atom. The second-order valence-electron chi connectivity index (χ2n) is 5.47. The molecule has 0 unspecified atom stereocenters. The zero-order chi connectivity index (χ0) is 18.1. The molecule has 26 heavy (non-hydrogen) atoms. The van der Waals surface area contributed by atoms with Gasteiger partial charge in [-0.05, 0) is 12.1 Å². The molecular formula is C18H16N2O5S. The second kappa shape index (κ2) is 6.72. The summed E-state index contributed by atoms with van der Waals surface area (Å²) in [5.41, 5.74) is 1.06. The van der Waals surface area contributed by atoms with Crippen LogP contribution in [0.4, 0.5) is 5.13 Å². The number of benzene rings is 2. The van der Waals surface area contributed by atoms with Crippen molar-refractivity contribution in [3.8, 4) is 23.0 Å². The maximum atomic E-state index is 12.8. The van der Waals surface area contributed by atoms with E-state index in [0.717, 1.165) is 10.2 Å². The Kier molecular flexibility index (Phi) is 4.26. The third kappa shape index (κ3) is 2.88. The number of thiazole rings is 1. The molecule has 1 N–H and O–H groups in total. The number of amides is 1. The molecule has 1 aliphatic heterocycles. The van der Waals surface area contributed by atoms with Crippen molar-refractivity contribution in [3.63, 3.8) is 0 Å². The Labute approximate surface area is 153 Å². The van der Waals surface area contributed by atoms with Gasteiger partial charge in [-0.25, -0.2) is 4.98 Å². The van der Waals surface area contributed by atoms with Gasteiger partial charge >= 0.3 is 0 Å². The van der Waals surface area contributed by atoms with E-state index in [1.54, 1.807) is 18.2 Å². The normalized spacial score (nSPS) is 12.7. The summed E-state index contributed by atoms with van der Waals surface area (Å²) >= 11 is 1.36. The molecule has 3 aromatic rings. The summed E-state index contributed by atoms with van der Waals surface area (Å²) in [4.78, 5) is 17.2. The number of nitrogens with zero attached hydrogens (tertiary/aromatic N) is 1. The third-order valence-corrected chi connectivity index (χ3v) is 4.86. The number of aromatic nitrogens is 1. The van der Waals surface area contributed by atoms with Gasteiger partial charge in [-0.1, -0.05) is 17.4 Å². The highest BCUT2D eigenvalue weighted by Crippen LogP contribution is 2.38. The van der Waals surface area contributed by atoms with Crippen molar-refractivity contribution < 1.29 is 23.7 Å². The van der Waals surface area contributed by atoms with Crippen LogP contribution in [0.2, 0.25) is 0 Å². The zero-order valence-corrected chi connectivity index (χ0v) is 15.0. The van der Waals surface area contributed by atoms with Gasteiger partial charge in [0.1, 0.15) is 30.3 Å². The largest absolute Gasteiger partial charge is 0.496 e. The molecule has 7 nitrogen and oxygen atoms in total. The lowest BCUT2D eigenvalue weighted by Crippen LogP contribution is -2.15. The van der Waals surface area contributed by atoms with E-state index in [4.69, 9.17) is 18.9 Å². The van der Waals surface area contributed by atoms with Gasteiger partial charge in [0.15, 0.2) is 16.6 Å². The van der Waals surface area contributed by atoms with Crippen LogP contribution in [0.1, 0.15) is 10.4 Å². The first-order valence-electron chi connectivity index (χ1n) is 7.92. The predicted octanol–water partition coefficient (Wildman–Crippen LogP) is 3.34. The summed E-state index contributed by atoms with van der Waals surface area (Å²) in [6.45, 7) is 1.04. The summed E-state index contributed by atoms with van der Waals surface area (Å²) in [6.07, 6.45) is 0. The minimum atomic E-state index is -0.351. The van der Waals surface area contributed by atoms with Gasteiger partial charge in [-0.15, -0.1) is 0 Å². The van der Waals surface area contributed by atoms with Crippen LogP contribution in [0, 0.1) is 0 Å². The highest BCUT2D eigenvalue weighted by molar-refractivity contribution is 7.22. The van der Waals surface area contributed by atoms with Gasteiger partial charge in [-0.2, -0.15) is 0 Å². The number of methoxy groups -OCH3 is 2. The lowest BCUT2D eigenvalue weighted by molar-refractivity contribution is 0.102. The molecule has 1 amide bonds. The van der Waals surface area contributed by atoms with E-state index in [-0.39, 0.29) is 5.91 Å². The van der Waals surface area contributed by atoms with Gasteiger partial charge in [-0.3, -0.25) is 10.1 Å². The van der Waals surface area contributed by atoms with Gasteiger partial charge in [0.25, 0.3) is 5.91 Å².